The summed E-state index contributed by atoms with van der Waals surface area (Å²) in [6.45, 7) is 8.93. The van der Waals surface area contributed by atoms with Crippen molar-refractivity contribution >= 4 is 17.4 Å². The lowest BCUT2D eigenvalue weighted by atomic mass is 9.84. The molecule has 6 nitrogen and oxygen atoms in total. The lowest BCUT2D eigenvalue weighted by Crippen LogP contribution is -2.31. The van der Waals surface area contributed by atoms with Gasteiger partial charge < -0.3 is 19.5 Å². The number of nitrogens with zero attached hydrogens (tertiary/aromatic N) is 1. The van der Waals surface area contributed by atoms with E-state index in [2.05, 4.69) is 20.8 Å². The van der Waals surface area contributed by atoms with Gasteiger partial charge in [0.25, 0.3) is 11.7 Å². The highest BCUT2D eigenvalue weighted by atomic mass is 16.5. The quantitative estimate of drug-likeness (QED) is 0.284. The van der Waals surface area contributed by atoms with Crippen LogP contribution in [0.1, 0.15) is 55.5 Å². The first-order valence-electron chi connectivity index (χ1n) is 11.1. The molecule has 0 aromatic heterocycles. The Morgan fingerprint density at radius 1 is 1.09 bits per heavy atom. The van der Waals surface area contributed by atoms with Crippen LogP contribution in [0.2, 0.25) is 0 Å². The van der Waals surface area contributed by atoms with Crippen LogP contribution >= 0.6 is 0 Å². The zero-order chi connectivity index (χ0) is 24.3. The SMILES string of the molecule is COCCCN1C(=O)C(=O)/C(=C(\O)c2ccc(OC)c(C(C)(C)C)c2)C1c1cccc(C)c1. The number of ketones is 1. The van der Waals surface area contributed by atoms with E-state index < -0.39 is 17.7 Å². The van der Waals surface area contributed by atoms with Gasteiger partial charge in [-0.25, -0.2) is 0 Å². The first-order valence-corrected chi connectivity index (χ1v) is 11.1. The van der Waals surface area contributed by atoms with Gasteiger partial charge in [-0.2, -0.15) is 0 Å². The Bertz CT molecular complexity index is 1080. The summed E-state index contributed by atoms with van der Waals surface area (Å²) >= 11 is 0. The molecule has 1 atom stereocenters. The van der Waals surface area contributed by atoms with Crippen molar-refractivity contribution in [2.75, 3.05) is 27.4 Å². The number of hydrogen-bond acceptors (Lipinski definition) is 5. The van der Waals surface area contributed by atoms with E-state index in [-0.39, 0.29) is 16.7 Å². The zero-order valence-corrected chi connectivity index (χ0v) is 20.3. The molecule has 0 saturated carbocycles. The Labute approximate surface area is 195 Å². The Morgan fingerprint density at radius 2 is 1.82 bits per heavy atom. The fourth-order valence-corrected chi connectivity index (χ4v) is 4.27. The number of benzene rings is 2. The van der Waals surface area contributed by atoms with Crippen molar-refractivity contribution in [3.8, 4) is 5.75 Å². The van der Waals surface area contributed by atoms with Crippen LogP contribution in [-0.2, 0) is 19.7 Å². The molecule has 0 spiro atoms. The number of Topliss-reactive ketones (excluding diaryl/α,β-unsaturated/α-hetero) is 1. The number of aryl methyl sites for hydroxylation is 1. The molecule has 1 fully saturated rings. The van der Waals surface area contributed by atoms with Gasteiger partial charge in [0, 0.05) is 31.4 Å². The summed E-state index contributed by atoms with van der Waals surface area (Å²) in [5, 5.41) is 11.4. The van der Waals surface area contributed by atoms with Crippen LogP contribution in [-0.4, -0.2) is 49.1 Å². The average Bonchev–Trinajstić information content (AvgIpc) is 3.02. The lowest BCUT2D eigenvalue weighted by molar-refractivity contribution is -0.140. The standard InChI is InChI=1S/C27H33NO5/c1-17-9-7-10-18(15-17)23-22(25(30)26(31)28(23)13-8-14-32-5)24(29)19-11-12-21(33-6)20(16-19)27(2,3)4/h7,9-12,15-16,23,29H,8,13-14H2,1-6H3/b24-22-. The molecule has 1 aliphatic heterocycles. The van der Waals surface area contributed by atoms with Crippen molar-refractivity contribution < 1.29 is 24.2 Å². The van der Waals surface area contributed by atoms with Gasteiger partial charge in [-0.1, -0.05) is 50.6 Å². The Kier molecular flexibility index (Phi) is 7.28. The predicted molar refractivity (Wildman–Crippen MR) is 128 cm³/mol. The fraction of sp³-hybridized carbons (Fsp3) is 0.407. The van der Waals surface area contributed by atoms with Gasteiger partial charge in [-0.15, -0.1) is 0 Å². The number of rotatable bonds is 7. The molecule has 33 heavy (non-hydrogen) atoms. The van der Waals surface area contributed by atoms with Crippen molar-refractivity contribution in [1.82, 2.24) is 4.90 Å². The van der Waals surface area contributed by atoms with E-state index in [9.17, 15) is 14.7 Å². The summed E-state index contributed by atoms with van der Waals surface area (Å²) in [6.07, 6.45) is 0.586. The van der Waals surface area contributed by atoms with Crippen LogP contribution in [0.4, 0.5) is 0 Å². The highest BCUT2D eigenvalue weighted by Gasteiger charge is 2.45. The Balaban J connectivity index is 2.19. The molecular formula is C27H33NO5. The highest BCUT2D eigenvalue weighted by molar-refractivity contribution is 6.46. The van der Waals surface area contributed by atoms with E-state index in [1.807, 2.05) is 37.3 Å². The summed E-state index contributed by atoms with van der Waals surface area (Å²) in [4.78, 5) is 27.7. The van der Waals surface area contributed by atoms with E-state index in [1.165, 1.54) is 4.90 Å². The first kappa shape index (κ1) is 24.5. The van der Waals surface area contributed by atoms with E-state index >= 15 is 0 Å². The molecule has 176 valence electrons. The number of aliphatic hydroxyl groups excluding tert-OH is 1. The first-order chi connectivity index (χ1) is 15.6. The third kappa shape index (κ3) is 4.96. The Morgan fingerprint density at radius 3 is 2.42 bits per heavy atom. The van der Waals surface area contributed by atoms with E-state index in [0.717, 1.165) is 16.7 Å². The monoisotopic (exact) mass is 451 g/mol. The van der Waals surface area contributed by atoms with Crippen LogP contribution in [0, 0.1) is 6.92 Å². The summed E-state index contributed by atoms with van der Waals surface area (Å²) in [5.41, 5.74) is 3.04. The third-order valence-corrected chi connectivity index (χ3v) is 5.93. The van der Waals surface area contributed by atoms with Gasteiger partial charge in [0.15, 0.2) is 0 Å². The second-order valence-electron chi connectivity index (χ2n) is 9.42. The second-order valence-corrected chi connectivity index (χ2v) is 9.42. The van der Waals surface area contributed by atoms with Gasteiger partial charge >= 0.3 is 0 Å². The predicted octanol–water partition coefficient (Wildman–Crippen LogP) is 4.76. The maximum atomic E-state index is 13.2. The maximum Gasteiger partial charge on any atom is 0.295 e. The minimum atomic E-state index is -0.676. The molecule has 1 heterocycles. The fourth-order valence-electron chi connectivity index (χ4n) is 4.27. The summed E-state index contributed by atoms with van der Waals surface area (Å²) in [5.74, 6) is -0.759. The topological polar surface area (TPSA) is 76.1 Å². The van der Waals surface area contributed by atoms with Crippen LogP contribution in [0.3, 0.4) is 0 Å². The number of carbonyl (C=O) groups excluding carboxylic acids is 2. The van der Waals surface area contributed by atoms with Crippen molar-refractivity contribution in [3.05, 3.63) is 70.3 Å². The van der Waals surface area contributed by atoms with Crippen molar-refractivity contribution in [2.45, 2.75) is 45.6 Å². The van der Waals surface area contributed by atoms with Crippen LogP contribution < -0.4 is 4.74 Å². The molecule has 1 saturated heterocycles. The summed E-state index contributed by atoms with van der Waals surface area (Å²) < 4.78 is 10.6. The molecule has 0 bridgehead atoms. The molecule has 1 N–H and O–H groups in total. The number of methoxy groups -OCH3 is 2. The maximum absolute atomic E-state index is 13.2. The summed E-state index contributed by atoms with van der Waals surface area (Å²) in [7, 11) is 3.20. The molecule has 6 heteroatoms. The Hall–Kier alpha value is -3.12. The molecule has 2 aromatic carbocycles. The number of carbonyl (C=O) groups is 2. The molecule has 2 aromatic rings. The van der Waals surface area contributed by atoms with Gasteiger partial charge in [0.1, 0.15) is 11.5 Å². The average molecular weight is 452 g/mol. The number of likely N-dealkylation sites (tertiary alicyclic amines) is 1. The lowest BCUT2D eigenvalue weighted by Gasteiger charge is -2.26. The van der Waals surface area contributed by atoms with Gasteiger partial charge in [-0.05, 0) is 42.5 Å². The normalized spacial score (nSPS) is 18.1. The molecular weight excluding hydrogens is 418 g/mol. The number of amides is 1. The van der Waals surface area contributed by atoms with Gasteiger partial charge in [0.2, 0.25) is 0 Å². The van der Waals surface area contributed by atoms with Crippen molar-refractivity contribution in [1.29, 1.82) is 0 Å². The van der Waals surface area contributed by atoms with Crippen LogP contribution in [0.5, 0.6) is 5.75 Å². The zero-order valence-electron chi connectivity index (χ0n) is 20.3. The largest absolute Gasteiger partial charge is 0.507 e. The molecule has 1 amide bonds. The van der Waals surface area contributed by atoms with Gasteiger partial charge in [0.05, 0.1) is 18.7 Å². The summed E-state index contributed by atoms with van der Waals surface area (Å²) in [6, 6.07) is 12.4. The minimum Gasteiger partial charge on any atom is -0.507 e. The van der Waals surface area contributed by atoms with Crippen LogP contribution in [0.15, 0.2) is 48.0 Å². The van der Waals surface area contributed by atoms with E-state index in [4.69, 9.17) is 9.47 Å². The molecule has 0 aliphatic carbocycles. The van der Waals surface area contributed by atoms with E-state index in [0.29, 0.717) is 30.9 Å². The number of hydrogen-bond donors (Lipinski definition) is 1. The molecule has 1 aliphatic rings. The van der Waals surface area contributed by atoms with Crippen molar-refractivity contribution in [2.24, 2.45) is 0 Å². The van der Waals surface area contributed by atoms with E-state index in [1.54, 1.807) is 26.4 Å². The molecule has 0 radical (unpaired) electrons. The molecule has 3 rings (SSSR count). The number of ether oxygens (including phenoxy) is 2. The van der Waals surface area contributed by atoms with Crippen LogP contribution in [0.25, 0.3) is 5.76 Å². The highest BCUT2D eigenvalue weighted by Crippen LogP contribution is 2.41. The smallest absolute Gasteiger partial charge is 0.295 e. The second kappa shape index (κ2) is 9.79. The minimum absolute atomic E-state index is 0.105. The van der Waals surface area contributed by atoms with Crippen molar-refractivity contribution in [3.63, 3.8) is 0 Å². The number of aliphatic hydroxyl groups is 1. The third-order valence-electron chi connectivity index (χ3n) is 5.93. The molecule has 1 unspecified atom stereocenters. The van der Waals surface area contributed by atoms with Gasteiger partial charge in [-0.3, -0.25) is 9.59 Å².